The van der Waals surface area contributed by atoms with Crippen molar-refractivity contribution in [3.63, 3.8) is 0 Å². The predicted molar refractivity (Wildman–Crippen MR) is 136 cm³/mol. The van der Waals surface area contributed by atoms with E-state index in [1.165, 1.54) is 0 Å². The predicted octanol–water partition coefficient (Wildman–Crippen LogP) is 6.01. The number of rotatable bonds is 10. The van der Waals surface area contributed by atoms with Crippen LogP contribution in [0, 0.1) is 5.92 Å². The van der Waals surface area contributed by atoms with Gasteiger partial charge < -0.3 is 10.2 Å². The first kappa shape index (κ1) is 24.8. The fourth-order valence-corrected chi connectivity index (χ4v) is 4.24. The minimum absolute atomic E-state index is 0.0469. The van der Waals surface area contributed by atoms with Crippen molar-refractivity contribution >= 4 is 34.2 Å². The average molecular weight is 465 g/mol. The summed E-state index contributed by atoms with van der Waals surface area (Å²) in [5, 5.41) is 5.92. The molecule has 1 N–H and O–H groups in total. The number of carbonyl (C=O) groups excluding carboxylic acids is 2. The smallest absolute Gasteiger partial charge is 0.242 e. The molecule has 33 heavy (non-hydrogen) atoms. The van der Waals surface area contributed by atoms with Gasteiger partial charge >= 0.3 is 0 Å². The zero-order chi connectivity index (χ0) is 23.8. The van der Waals surface area contributed by atoms with Gasteiger partial charge in [-0.15, -0.1) is 0 Å². The molecule has 3 aromatic rings. The maximum absolute atomic E-state index is 13.5. The molecule has 1 atom stereocenters. The molecule has 0 bridgehead atoms. The lowest BCUT2D eigenvalue weighted by Crippen LogP contribution is -2.49. The minimum atomic E-state index is -0.542. The van der Waals surface area contributed by atoms with Gasteiger partial charge in [0, 0.05) is 24.5 Å². The molecule has 4 nitrogen and oxygen atoms in total. The maximum Gasteiger partial charge on any atom is 0.242 e. The number of hydrogen-bond acceptors (Lipinski definition) is 2. The van der Waals surface area contributed by atoms with Crippen molar-refractivity contribution in [2.75, 3.05) is 6.54 Å². The van der Waals surface area contributed by atoms with Gasteiger partial charge in [0.2, 0.25) is 11.8 Å². The Labute approximate surface area is 201 Å². The summed E-state index contributed by atoms with van der Waals surface area (Å²) in [6.07, 6.45) is 1.48. The molecule has 174 valence electrons. The zero-order valence-electron chi connectivity index (χ0n) is 19.7. The Morgan fingerprint density at radius 3 is 2.33 bits per heavy atom. The fraction of sp³-hybridized carbons (Fsp3) is 0.357. The summed E-state index contributed by atoms with van der Waals surface area (Å²) in [7, 11) is 0. The molecule has 0 aliphatic heterocycles. The number of nitrogens with zero attached hydrogens (tertiary/aromatic N) is 1. The molecule has 2 amide bonds. The molecule has 0 aliphatic carbocycles. The minimum Gasteiger partial charge on any atom is -0.354 e. The second-order valence-electron chi connectivity index (χ2n) is 8.81. The Bertz CT molecular complexity index is 1090. The van der Waals surface area contributed by atoms with Crippen molar-refractivity contribution in [3.8, 4) is 0 Å². The van der Waals surface area contributed by atoms with Crippen LogP contribution >= 0.6 is 11.6 Å². The molecule has 0 saturated heterocycles. The van der Waals surface area contributed by atoms with Gasteiger partial charge in [-0.1, -0.05) is 93.0 Å². The highest BCUT2D eigenvalue weighted by atomic mass is 35.5. The van der Waals surface area contributed by atoms with E-state index in [0.717, 1.165) is 21.9 Å². The first-order valence-electron chi connectivity index (χ1n) is 11.7. The molecule has 3 aromatic carbocycles. The van der Waals surface area contributed by atoms with Crippen LogP contribution in [0.2, 0.25) is 5.02 Å². The van der Waals surface area contributed by atoms with E-state index in [0.29, 0.717) is 43.3 Å². The highest BCUT2D eigenvalue weighted by Gasteiger charge is 2.29. The normalized spacial score (nSPS) is 12.0. The van der Waals surface area contributed by atoms with Crippen LogP contribution < -0.4 is 5.32 Å². The zero-order valence-corrected chi connectivity index (χ0v) is 20.4. The molecular formula is C28H33ClN2O2. The third-order valence-electron chi connectivity index (χ3n) is 5.86. The highest BCUT2D eigenvalue weighted by molar-refractivity contribution is 6.31. The van der Waals surface area contributed by atoms with Crippen molar-refractivity contribution in [3.05, 3.63) is 82.9 Å². The van der Waals surface area contributed by atoms with Crippen molar-refractivity contribution in [1.29, 1.82) is 0 Å². The van der Waals surface area contributed by atoms with Crippen molar-refractivity contribution < 1.29 is 9.59 Å². The van der Waals surface area contributed by atoms with Crippen molar-refractivity contribution in [2.45, 2.75) is 52.6 Å². The third kappa shape index (κ3) is 6.58. The van der Waals surface area contributed by atoms with E-state index in [-0.39, 0.29) is 11.8 Å². The van der Waals surface area contributed by atoms with Crippen molar-refractivity contribution in [1.82, 2.24) is 10.2 Å². The molecular weight excluding hydrogens is 432 g/mol. The standard InChI is InChI=1S/C28H33ClN2O2/c1-4-26(28(33)30-18-20(2)3)31(19-23-11-6-8-15-25(23)29)27(32)17-16-22-13-9-12-21-10-5-7-14-24(21)22/h5-15,20,26H,4,16-19H2,1-3H3,(H,30,33)/t26-/m1/s1. The van der Waals surface area contributed by atoms with Crippen LogP contribution in [0.15, 0.2) is 66.7 Å². The van der Waals surface area contributed by atoms with Crippen LogP contribution in [0.5, 0.6) is 0 Å². The van der Waals surface area contributed by atoms with E-state index in [1.54, 1.807) is 4.90 Å². The number of benzene rings is 3. The Kier molecular flexibility index (Phi) is 8.90. The van der Waals surface area contributed by atoms with E-state index in [1.807, 2.05) is 49.4 Å². The molecule has 5 heteroatoms. The van der Waals surface area contributed by atoms with E-state index >= 15 is 0 Å². The Morgan fingerprint density at radius 1 is 0.939 bits per heavy atom. The lowest BCUT2D eigenvalue weighted by atomic mass is 10.00. The summed E-state index contributed by atoms with van der Waals surface area (Å²) < 4.78 is 0. The van der Waals surface area contributed by atoms with E-state index in [4.69, 9.17) is 11.6 Å². The SMILES string of the molecule is CC[C@H](C(=O)NCC(C)C)N(Cc1ccccc1Cl)C(=O)CCc1cccc2ccccc12. The number of hydrogen-bond donors (Lipinski definition) is 1. The van der Waals surface area contributed by atoms with Gasteiger partial charge in [0.25, 0.3) is 0 Å². The molecule has 3 rings (SSSR count). The quantitative estimate of drug-likeness (QED) is 0.399. The summed E-state index contributed by atoms with van der Waals surface area (Å²) >= 11 is 6.40. The lowest BCUT2D eigenvalue weighted by Gasteiger charge is -2.31. The Morgan fingerprint density at radius 2 is 1.61 bits per heavy atom. The first-order valence-corrected chi connectivity index (χ1v) is 12.1. The Hall–Kier alpha value is -2.85. The van der Waals surface area contributed by atoms with Crippen LogP contribution in [0.3, 0.4) is 0 Å². The summed E-state index contributed by atoms with van der Waals surface area (Å²) in [5.41, 5.74) is 1.98. The second-order valence-corrected chi connectivity index (χ2v) is 9.22. The molecule has 0 heterocycles. The van der Waals surface area contributed by atoms with E-state index < -0.39 is 6.04 Å². The molecule has 0 spiro atoms. The Balaban J connectivity index is 1.83. The number of aryl methyl sites for hydroxylation is 1. The molecule has 0 unspecified atom stereocenters. The van der Waals surface area contributed by atoms with Gasteiger partial charge in [-0.3, -0.25) is 9.59 Å². The topological polar surface area (TPSA) is 49.4 Å². The fourth-order valence-electron chi connectivity index (χ4n) is 4.05. The van der Waals surface area contributed by atoms with Crippen molar-refractivity contribution in [2.24, 2.45) is 5.92 Å². The van der Waals surface area contributed by atoms with Crippen LogP contribution in [0.4, 0.5) is 0 Å². The summed E-state index contributed by atoms with van der Waals surface area (Å²) in [5.74, 6) is 0.178. The number of nitrogens with one attached hydrogen (secondary N) is 1. The highest BCUT2D eigenvalue weighted by Crippen LogP contribution is 2.23. The number of fused-ring (bicyclic) bond motifs is 1. The van der Waals surface area contributed by atoms with Gasteiger partial charge in [-0.05, 0) is 46.7 Å². The van der Waals surface area contributed by atoms with Crippen LogP contribution in [-0.4, -0.2) is 29.3 Å². The van der Waals surface area contributed by atoms with E-state index in [9.17, 15) is 9.59 Å². The maximum atomic E-state index is 13.5. The molecule has 0 aromatic heterocycles. The van der Waals surface area contributed by atoms with Gasteiger partial charge in [0.1, 0.15) is 6.04 Å². The van der Waals surface area contributed by atoms with Crippen LogP contribution in [-0.2, 0) is 22.6 Å². The van der Waals surface area contributed by atoms with Crippen LogP contribution in [0.1, 0.15) is 44.7 Å². The van der Waals surface area contributed by atoms with Gasteiger partial charge in [-0.2, -0.15) is 0 Å². The number of amides is 2. The lowest BCUT2D eigenvalue weighted by molar-refractivity contribution is -0.141. The van der Waals surface area contributed by atoms with Gasteiger partial charge in [0.15, 0.2) is 0 Å². The number of carbonyl (C=O) groups is 2. The molecule has 0 fully saturated rings. The summed E-state index contributed by atoms with van der Waals surface area (Å²) in [4.78, 5) is 28.2. The summed E-state index contributed by atoms with van der Waals surface area (Å²) in [6, 6.07) is 21.3. The average Bonchev–Trinajstić information content (AvgIpc) is 2.82. The second kappa shape index (κ2) is 11.9. The monoisotopic (exact) mass is 464 g/mol. The third-order valence-corrected chi connectivity index (χ3v) is 6.23. The first-order chi connectivity index (χ1) is 15.9. The number of halogens is 1. The molecule has 0 radical (unpaired) electrons. The largest absolute Gasteiger partial charge is 0.354 e. The van der Waals surface area contributed by atoms with E-state index in [2.05, 4.69) is 43.4 Å². The summed E-state index contributed by atoms with van der Waals surface area (Å²) in [6.45, 7) is 6.94. The van der Waals surface area contributed by atoms with Gasteiger partial charge in [0.05, 0.1) is 0 Å². The molecule has 0 saturated carbocycles. The molecule has 0 aliphatic rings. The van der Waals surface area contributed by atoms with Gasteiger partial charge in [-0.25, -0.2) is 0 Å². The van der Waals surface area contributed by atoms with Crippen LogP contribution in [0.25, 0.3) is 10.8 Å².